The third-order valence-electron chi connectivity index (χ3n) is 4.92. The van der Waals surface area contributed by atoms with Gasteiger partial charge in [0.05, 0.1) is 4.88 Å². The van der Waals surface area contributed by atoms with Crippen molar-refractivity contribution in [2.45, 2.75) is 26.8 Å². The Morgan fingerprint density at radius 2 is 1.81 bits per heavy atom. The van der Waals surface area contributed by atoms with Crippen LogP contribution in [-0.4, -0.2) is 48.9 Å². The van der Waals surface area contributed by atoms with Crippen molar-refractivity contribution in [3.8, 4) is 0 Å². The standard InChI is InChI=1S/C21H27N3O2S/c1-15(2)19(22-20(25)18-8-5-13-27-18)21(26)24-11-9-23(10-12-24)17-7-4-6-16(3)14-17/h4-8,13-15,19H,9-12H2,1-3H3,(H,22,25)/t19-/m0/s1. The number of nitrogens with zero attached hydrogens (tertiary/aromatic N) is 2. The van der Waals surface area contributed by atoms with E-state index in [-0.39, 0.29) is 17.7 Å². The lowest BCUT2D eigenvalue weighted by Gasteiger charge is -2.38. The van der Waals surface area contributed by atoms with Crippen molar-refractivity contribution in [3.05, 3.63) is 52.2 Å². The van der Waals surface area contributed by atoms with E-state index in [0.717, 1.165) is 13.1 Å². The molecule has 144 valence electrons. The summed E-state index contributed by atoms with van der Waals surface area (Å²) in [5.41, 5.74) is 2.44. The second-order valence-electron chi connectivity index (χ2n) is 7.32. The number of carbonyl (C=O) groups is 2. The zero-order valence-corrected chi connectivity index (χ0v) is 17.0. The molecule has 0 bridgehead atoms. The molecule has 0 unspecified atom stereocenters. The van der Waals surface area contributed by atoms with Crippen LogP contribution in [0.2, 0.25) is 0 Å². The maximum atomic E-state index is 13.0. The van der Waals surface area contributed by atoms with E-state index in [1.165, 1.54) is 22.6 Å². The summed E-state index contributed by atoms with van der Waals surface area (Å²) >= 11 is 1.39. The molecule has 5 nitrogen and oxygen atoms in total. The number of amides is 2. The molecule has 6 heteroatoms. The Balaban J connectivity index is 1.61. The van der Waals surface area contributed by atoms with Gasteiger partial charge in [-0.1, -0.05) is 32.0 Å². The number of piperazine rings is 1. The van der Waals surface area contributed by atoms with E-state index in [0.29, 0.717) is 18.0 Å². The van der Waals surface area contributed by atoms with Gasteiger partial charge in [-0.25, -0.2) is 0 Å². The number of anilines is 1. The first-order valence-electron chi connectivity index (χ1n) is 9.40. The summed E-state index contributed by atoms with van der Waals surface area (Å²) in [6, 6.07) is 11.6. The van der Waals surface area contributed by atoms with Crippen LogP contribution in [0.5, 0.6) is 0 Å². The van der Waals surface area contributed by atoms with Crippen LogP contribution in [-0.2, 0) is 4.79 Å². The Labute approximate surface area is 165 Å². The molecule has 0 spiro atoms. The molecule has 1 N–H and O–H groups in total. The maximum absolute atomic E-state index is 13.0. The monoisotopic (exact) mass is 385 g/mol. The second-order valence-corrected chi connectivity index (χ2v) is 8.27. The predicted molar refractivity (Wildman–Crippen MR) is 110 cm³/mol. The van der Waals surface area contributed by atoms with Crippen LogP contribution in [0.25, 0.3) is 0 Å². The number of carbonyl (C=O) groups excluding carboxylic acids is 2. The largest absolute Gasteiger partial charge is 0.368 e. The lowest BCUT2D eigenvalue weighted by molar-refractivity contribution is -0.134. The second kappa shape index (κ2) is 8.57. The average Bonchev–Trinajstić information content (AvgIpc) is 3.20. The molecule has 2 amide bonds. The minimum absolute atomic E-state index is 0.0128. The third kappa shape index (κ3) is 4.69. The number of hydrogen-bond acceptors (Lipinski definition) is 4. The van der Waals surface area contributed by atoms with Crippen molar-refractivity contribution in [3.63, 3.8) is 0 Å². The molecule has 0 radical (unpaired) electrons. The average molecular weight is 386 g/mol. The number of hydrogen-bond donors (Lipinski definition) is 1. The van der Waals surface area contributed by atoms with Gasteiger partial charge in [0.2, 0.25) is 5.91 Å². The van der Waals surface area contributed by atoms with E-state index in [1.54, 1.807) is 6.07 Å². The summed E-state index contributed by atoms with van der Waals surface area (Å²) < 4.78 is 0. The van der Waals surface area contributed by atoms with Gasteiger partial charge in [0.25, 0.3) is 5.91 Å². The third-order valence-corrected chi connectivity index (χ3v) is 5.79. The Kier molecular flexibility index (Phi) is 6.16. The lowest BCUT2D eigenvalue weighted by atomic mass is 10.0. The van der Waals surface area contributed by atoms with Crippen molar-refractivity contribution >= 4 is 28.8 Å². The molecule has 1 aromatic carbocycles. The summed E-state index contributed by atoms with van der Waals surface area (Å²) in [4.78, 5) is 30.3. The van der Waals surface area contributed by atoms with Gasteiger partial charge in [-0.05, 0) is 42.0 Å². The molecule has 3 rings (SSSR count). The molecule has 0 aliphatic carbocycles. The summed E-state index contributed by atoms with van der Waals surface area (Å²) in [5, 5.41) is 4.80. The molecule has 2 aromatic rings. The number of benzene rings is 1. The van der Waals surface area contributed by atoms with Crippen molar-refractivity contribution < 1.29 is 9.59 Å². The summed E-state index contributed by atoms with van der Waals surface area (Å²) in [7, 11) is 0. The zero-order chi connectivity index (χ0) is 19.4. The molecule has 1 aromatic heterocycles. The summed E-state index contributed by atoms with van der Waals surface area (Å²) in [5.74, 6) is -0.120. The predicted octanol–water partition coefficient (Wildman–Crippen LogP) is 3.16. The first kappa shape index (κ1) is 19.4. The Morgan fingerprint density at radius 1 is 1.07 bits per heavy atom. The molecule has 1 atom stereocenters. The fourth-order valence-corrected chi connectivity index (χ4v) is 3.97. The van der Waals surface area contributed by atoms with Crippen LogP contribution in [0.4, 0.5) is 5.69 Å². The van der Waals surface area contributed by atoms with Crippen LogP contribution in [0.3, 0.4) is 0 Å². The molecule has 0 saturated carbocycles. The Hall–Kier alpha value is -2.34. The fourth-order valence-electron chi connectivity index (χ4n) is 3.34. The topological polar surface area (TPSA) is 52.6 Å². The fraction of sp³-hybridized carbons (Fsp3) is 0.429. The van der Waals surface area contributed by atoms with Crippen LogP contribution in [0, 0.1) is 12.8 Å². The Morgan fingerprint density at radius 3 is 2.41 bits per heavy atom. The minimum Gasteiger partial charge on any atom is -0.368 e. The highest BCUT2D eigenvalue weighted by Crippen LogP contribution is 2.19. The lowest BCUT2D eigenvalue weighted by Crippen LogP contribution is -2.56. The maximum Gasteiger partial charge on any atom is 0.262 e. The highest BCUT2D eigenvalue weighted by atomic mass is 32.1. The van der Waals surface area contributed by atoms with Crippen LogP contribution >= 0.6 is 11.3 Å². The smallest absolute Gasteiger partial charge is 0.262 e. The summed E-state index contributed by atoms with van der Waals surface area (Å²) in [6.07, 6.45) is 0. The first-order chi connectivity index (χ1) is 13.0. The van der Waals surface area contributed by atoms with E-state index in [1.807, 2.05) is 30.2 Å². The van der Waals surface area contributed by atoms with Gasteiger partial charge < -0.3 is 15.1 Å². The number of thiophene rings is 1. The highest BCUT2D eigenvalue weighted by Gasteiger charge is 2.31. The molecule has 2 heterocycles. The van der Waals surface area contributed by atoms with Crippen molar-refractivity contribution in [2.75, 3.05) is 31.1 Å². The van der Waals surface area contributed by atoms with Gasteiger partial charge in [0, 0.05) is 31.9 Å². The quantitative estimate of drug-likeness (QED) is 0.860. The van der Waals surface area contributed by atoms with E-state index >= 15 is 0 Å². The minimum atomic E-state index is -0.495. The van der Waals surface area contributed by atoms with Gasteiger partial charge in [0.1, 0.15) is 6.04 Å². The van der Waals surface area contributed by atoms with Gasteiger partial charge in [-0.2, -0.15) is 0 Å². The SMILES string of the molecule is Cc1cccc(N2CCN(C(=O)[C@@H](NC(=O)c3cccs3)C(C)C)CC2)c1. The normalized spacial score (nSPS) is 15.7. The van der Waals surface area contributed by atoms with E-state index < -0.39 is 6.04 Å². The molecule has 1 fully saturated rings. The van der Waals surface area contributed by atoms with Crippen molar-refractivity contribution in [2.24, 2.45) is 5.92 Å². The molecular formula is C21H27N3O2S. The van der Waals surface area contributed by atoms with Gasteiger partial charge in [-0.3, -0.25) is 9.59 Å². The van der Waals surface area contributed by atoms with Crippen LogP contribution in [0.1, 0.15) is 29.1 Å². The molecule has 1 aliphatic rings. The number of nitrogens with one attached hydrogen (secondary N) is 1. The molecule has 1 saturated heterocycles. The number of aryl methyl sites for hydroxylation is 1. The summed E-state index contributed by atoms with van der Waals surface area (Å²) in [6.45, 7) is 8.99. The van der Waals surface area contributed by atoms with E-state index in [2.05, 4.69) is 41.4 Å². The van der Waals surface area contributed by atoms with Crippen molar-refractivity contribution in [1.29, 1.82) is 0 Å². The molecule has 27 heavy (non-hydrogen) atoms. The number of rotatable bonds is 5. The van der Waals surface area contributed by atoms with Crippen LogP contribution < -0.4 is 10.2 Å². The van der Waals surface area contributed by atoms with Gasteiger partial charge >= 0.3 is 0 Å². The van der Waals surface area contributed by atoms with Gasteiger partial charge in [-0.15, -0.1) is 11.3 Å². The highest BCUT2D eigenvalue weighted by molar-refractivity contribution is 7.12. The molecule has 1 aliphatic heterocycles. The van der Waals surface area contributed by atoms with E-state index in [4.69, 9.17) is 0 Å². The zero-order valence-electron chi connectivity index (χ0n) is 16.1. The molecular weight excluding hydrogens is 358 g/mol. The first-order valence-corrected chi connectivity index (χ1v) is 10.3. The van der Waals surface area contributed by atoms with Crippen molar-refractivity contribution in [1.82, 2.24) is 10.2 Å². The van der Waals surface area contributed by atoms with Crippen LogP contribution in [0.15, 0.2) is 41.8 Å². The Bertz CT molecular complexity index is 780. The van der Waals surface area contributed by atoms with Gasteiger partial charge in [0.15, 0.2) is 0 Å². The van der Waals surface area contributed by atoms with E-state index in [9.17, 15) is 9.59 Å².